The molecule has 0 aliphatic rings. The van der Waals surface area contributed by atoms with E-state index in [9.17, 15) is 10.1 Å². The first-order chi connectivity index (χ1) is 13.9. The third-order valence-electron chi connectivity index (χ3n) is 4.39. The van der Waals surface area contributed by atoms with E-state index >= 15 is 0 Å². The third-order valence-corrected chi connectivity index (χ3v) is 6.00. The maximum Gasteiger partial charge on any atom is 0.254 e. The number of nitrogens with one attached hydrogen (secondary N) is 1. The predicted molar refractivity (Wildman–Crippen MR) is 116 cm³/mol. The highest BCUT2D eigenvalue weighted by molar-refractivity contribution is 7.98. The Kier molecular flexibility index (Phi) is 6.86. The van der Waals surface area contributed by atoms with Crippen LogP contribution in [0.5, 0.6) is 5.75 Å². The van der Waals surface area contributed by atoms with Crippen molar-refractivity contribution in [1.82, 2.24) is 9.97 Å². The number of hydrogen-bond acceptors (Lipinski definition) is 5. The van der Waals surface area contributed by atoms with E-state index in [1.165, 1.54) is 11.8 Å². The Balaban J connectivity index is 1.94. The molecule has 0 bridgehead atoms. The number of ether oxygens (including phenoxy) is 1. The molecule has 0 aliphatic carbocycles. The van der Waals surface area contributed by atoms with Gasteiger partial charge < -0.3 is 9.72 Å². The van der Waals surface area contributed by atoms with Crippen LogP contribution in [0.4, 0.5) is 0 Å². The Labute approximate surface area is 182 Å². The summed E-state index contributed by atoms with van der Waals surface area (Å²) in [7, 11) is 1.61. The topological polar surface area (TPSA) is 78.8 Å². The van der Waals surface area contributed by atoms with E-state index in [2.05, 4.69) is 16.0 Å². The lowest BCUT2D eigenvalue weighted by atomic mass is 9.94. The van der Waals surface area contributed by atoms with Gasteiger partial charge in [-0.2, -0.15) is 5.26 Å². The average molecular weight is 446 g/mol. The summed E-state index contributed by atoms with van der Waals surface area (Å²) in [5.41, 5.74) is 1.91. The lowest BCUT2D eigenvalue weighted by Gasteiger charge is -2.15. The van der Waals surface area contributed by atoms with E-state index in [-0.39, 0.29) is 5.56 Å². The molecule has 0 radical (unpaired) electrons. The molecule has 1 unspecified atom stereocenters. The second kappa shape index (κ2) is 9.36. The van der Waals surface area contributed by atoms with E-state index in [1.807, 2.05) is 24.3 Å². The van der Waals surface area contributed by atoms with Crippen molar-refractivity contribution in [1.29, 1.82) is 5.26 Å². The number of methoxy groups -OCH3 is 1. The fraction of sp³-hybridized carbons (Fsp3) is 0.190. The van der Waals surface area contributed by atoms with Gasteiger partial charge in [0.25, 0.3) is 5.56 Å². The molecule has 29 heavy (non-hydrogen) atoms. The molecule has 148 valence electrons. The molecule has 3 aromatic rings. The lowest BCUT2D eigenvalue weighted by Crippen LogP contribution is -2.18. The lowest BCUT2D eigenvalue weighted by molar-refractivity contribution is 0.414. The predicted octanol–water partition coefficient (Wildman–Crippen LogP) is 5.34. The number of hydrogen-bond donors (Lipinski definition) is 1. The normalized spacial score (nSPS) is 11.7. The molecule has 0 amide bonds. The Hall–Kier alpha value is -2.46. The van der Waals surface area contributed by atoms with Gasteiger partial charge in [0.2, 0.25) is 0 Å². The van der Waals surface area contributed by atoms with Crippen LogP contribution in [0.3, 0.4) is 0 Å². The van der Waals surface area contributed by atoms with Crippen LogP contribution in [-0.2, 0) is 5.75 Å². The molecule has 1 N–H and O–H groups in total. The molecular formula is C21H17Cl2N3O2S. The standard InChI is InChI=1S/C21H17Cl2N3O2S/c1-12-19(15(10-24)18-16(22)4-3-5-17(18)23)25-21(26-20(12)27)29-11-13-6-8-14(28-2)9-7-13/h3-9,15H,11H2,1-2H3,(H,25,26,27). The summed E-state index contributed by atoms with van der Waals surface area (Å²) in [4.78, 5) is 19.8. The third kappa shape index (κ3) is 4.76. The van der Waals surface area contributed by atoms with Gasteiger partial charge in [-0.1, -0.05) is 53.2 Å². The zero-order chi connectivity index (χ0) is 21.0. The summed E-state index contributed by atoms with van der Waals surface area (Å²) in [5, 5.41) is 11.0. The van der Waals surface area contributed by atoms with Crippen LogP contribution in [0.25, 0.3) is 0 Å². The average Bonchev–Trinajstić information content (AvgIpc) is 2.72. The number of H-pyrrole nitrogens is 1. The van der Waals surface area contributed by atoms with Gasteiger partial charge in [-0.25, -0.2) is 4.98 Å². The van der Waals surface area contributed by atoms with Crippen molar-refractivity contribution in [2.45, 2.75) is 23.8 Å². The highest BCUT2D eigenvalue weighted by Gasteiger charge is 2.24. The number of aromatic nitrogens is 2. The van der Waals surface area contributed by atoms with Crippen LogP contribution in [0.1, 0.15) is 28.3 Å². The molecule has 3 rings (SSSR count). The molecule has 0 fully saturated rings. The first kappa shape index (κ1) is 21.3. The van der Waals surface area contributed by atoms with Crippen molar-refractivity contribution in [2.24, 2.45) is 0 Å². The molecule has 8 heteroatoms. The molecule has 1 atom stereocenters. The van der Waals surface area contributed by atoms with E-state index in [0.29, 0.717) is 37.8 Å². The minimum atomic E-state index is -0.848. The molecule has 5 nitrogen and oxygen atoms in total. The Morgan fingerprint density at radius 3 is 2.45 bits per heavy atom. The zero-order valence-corrected chi connectivity index (χ0v) is 18.0. The number of nitriles is 1. The molecule has 0 aliphatic heterocycles. The molecule has 1 aromatic heterocycles. The molecule has 0 saturated carbocycles. The van der Waals surface area contributed by atoms with Crippen LogP contribution in [0.2, 0.25) is 10.0 Å². The highest BCUT2D eigenvalue weighted by Crippen LogP contribution is 2.35. The van der Waals surface area contributed by atoms with Crippen LogP contribution in [0.15, 0.2) is 52.4 Å². The van der Waals surface area contributed by atoms with Gasteiger partial charge in [-0.15, -0.1) is 0 Å². The van der Waals surface area contributed by atoms with E-state index in [0.717, 1.165) is 11.3 Å². The summed E-state index contributed by atoms with van der Waals surface area (Å²) in [6.45, 7) is 1.63. The monoisotopic (exact) mass is 445 g/mol. The summed E-state index contributed by atoms with van der Waals surface area (Å²) in [5.74, 6) is 0.523. The Morgan fingerprint density at radius 1 is 1.21 bits per heavy atom. The number of thioether (sulfide) groups is 1. The van der Waals surface area contributed by atoms with Crippen molar-refractivity contribution in [3.8, 4) is 11.8 Å². The van der Waals surface area contributed by atoms with Gasteiger partial charge in [0.15, 0.2) is 5.16 Å². The second-order valence-electron chi connectivity index (χ2n) is 6.22. The van der Waals surface area contributed by atoms with Gasteiger partial charge >= 0.3 is 0 Å². The highest BCUT2D eigenvalue weighted by atomic mass is 35.5. The first-order valence-corrected chi connectivity index (χ1v) is 10.4. The summed E-state index contributed by atoms with van der Waals surface area (Å²) in [6, 6.07) is 14.9. The Bertz CT molecular complexity index is 1100. The minimum Gasteiger partial charge on any atom is -0.497 e. The summed E-state index contributed by atoms with van der Waals surface area (Å²) >= 11 is 13.9. The smallest absolute Gasteiger partial charge is 0.254 e. The van der Waals surface area contributed by atoms with Gasteiger partial charge in [0.05, 0.1) is 18.9 Å². The molecule has 1 heterocycles. The van der Waals surface area contributed by atoms with Crippen molar-refractivity contribution in [3.63, 3.8) is 0 Å². The number of nitrogens with zero attached hydrogens (tertiary/aromatic N) is 2. The minimum absolute atomic E-state index is 0.296. The van der Waals surface area contributed by atoms with Crippen LogP contribution < -0.4 is 10.3 Å². The SMILES string of the molecule is COc1ccc(CSc2nc(C(C#N)c3c(Cl)cccc3Cl)c(C)c(=O)[nH]2)cc1. The Morgan fingerprint density at radius 2 is 1.86 bits per heavy atom. The van der Waals surface area contributed by atoms with Gasteiger partial charge in [-0.3, -0.25) is 4.79 Å². The maximum absolute atomic E-state index is 12.5. The van der Waals surface area contributed by atoms with Crippen LogP contribution in [0, 0.1) is 18.3 Å². The maximum atomic E-state index is 12.5. The van der Waals surface area contributed by atoms with Gasteiger partial charge in [0, 0.05) is 26.9 Å². The van der Waals surface area contributed by atoms with Crippen molar-refractivity contribution in [2.75, 3.05) is 7.11 Å². The van der Waals surface area contributed by atoms with Crippen molar-refractivity contribution < 1.29 is 4.74 Å². The molecule has 2 aromatic carbocycles. The van der Waals surface area contributed by atoms with Crippen LogP contribution in [-0.4, -0.2) is 17.1 Å². The fourth-order valence-electron chi connectivity index (χ4n) is 2.80. The molecule has 0 saturated heterocycles. The largest absolute Gasteiger partial charge is 0.497 e. The second-order valence-corrected chi connectivity index (χ2v) is 7.99. The van der Waals surface area contributed by atoms with Crippen molar-refractivity contribution >= 4 is 35.0 Å². The van der Waals surface area contributed by atoms with Crippen LogP contribution >= 0.6 is 35.0 Å². The number of benzene rings is 2. The summed E-state index contributed by atoms with van der Waals surface area (Å²) < 4.78 is 5.16. The molecular weight excluding hydrogens is 429 g/mol. The van der Waals surface area contributed by atoms with E-state index in [1.54, 1.807) is 32.2 Å². The molecule has 0 spiro atoms. The quantitative estimate of drug-likeness (QED) is 0.408. The first-order valence-electron chi connectivity index (χ1n) is 8.64. The van der Waals surface area contributed by atoms with Crippen molar-refractivity contribution in [3.05, 3.63) is 85.2 Å². The number of rotatable bonds is 6. The van der Waals surface area contributed by atoms with Gasteiger partial charge in [0.1, 0.15) is 11.7 Å². The zero-order valence-electron chi connectivity index (χ0n) is 15.7. The fourth-order valence-corrected chi connectivity index (χ4v) is 4.24. The van der Waals surface area contributed by atoms with Gasteiger partial charge in [-0.05, 0) is 36.8 Å². The number of halogens is 2. The number of aromatic amines is 1. The van der Waals surface area contributed by atoms with E-state index < -0.39 is 5.92 Å². The summed E-state index contributed by atoms with van der Waals surface area (Å²) in [6.07, 6.45) is 0. The van der Waals surface area contributed by atoms with E-state index in [4.69, 9.17) is 27.9 Å².